The molecule has 0 saturated carbocycles. The van der Waals surface area contributed by atoms with E-state index in [2.05, 4.69) is 9.97 Å². The predicted molar refractivity (Wildman–Crippen MR) is 107 cm³/mol. The number of Topliss-reactive ketones (excluding diaryl/α,β-unsaturated/α-hetero) is 2. The number of aromatic nitrogens is 2. The first-order chi connectivity index (χ1) is 12.8. The van der Waals surface area contributed by atoms with Gasteiger partial charge in [-0.3, -0.25) is 9.59 Å². The van der Waals surface area contributed by atoms with E-state index < -0.39 is 34.6 Å². The molecule has 2 N–H and O–H groups in total. The highest BCUT2D eigenvalue weighted by Gasteiger charge is 2.32. The van der Waals surface area contributed by atoms with Gasteiger partial charge in [-0.1, -0.05) is 53.7 Å². The Kier molecular flexibility index (Phi) is 6.16. The molecule has 0 aliphatic heterocycles. The Labute approximate surface area is 165 Å². The number of hydrogen-bond donors (Lipinski definition) is 2. The van der Waals surface area contributed by atoms with E-state index in [9.17, 15) is 19.8 Å². The molecule has 2 rings (SSSR count). The minimum absolute atomic E-state index is 0.133. The molecule has 0 aliphatic carbocycles. The highest BCUT2D eigenvalue weighted by Crippen LogP contribution is 2.25. The zero-order valence-corrected chi connectivity index (χ0v) is 17.2. The van der Waals surface area contributed by atoms with Crippen molar-refractivity contribution in [3.05, 3.63) is 47.8 Å². The van der Waals surface area contributed by atoms with Gasteiger partial charge in [-0.05, 0) is 35.1 Å². The number of carbonyl (C=O) groups excluding carboxylic acids is 2. The molecule has 0 bridgehead atoms. The lowest BCUT2D eigenvalue weighted by Gasteiger charge is -2.24. The Bertz CT molecular complexity index is 805. The van der Waals surface area contributed by atoms with E-state index >= 15 is 0 Å². The maximum absolute atomic E-state index is 12.5. The lowest BCUT2D eigenvalue weighted by Crippen LogP contribution is -2.35. The number of ketones is 2. The molecule has 0 radical (unpaired) electrons. The molecular weight excluding hydrogens is 356 g/mol. The summed E-state index contributed by atoms with van der Waals surface area (Å²) in [4.78, 5) is 33.7. The average molecular weight is 384 g/mol. The van der Waals surface area contributed by atoms with Crippen molar-refractivity contribution < 1.29 is 19.8 Å². The van der Waals surface area contributed by atoms with Crippen molar-refractivity contribution in [2.24, 2.45) is 10.8 Å². The third-order valence-electron chi connectivity index (χ3n) is 4.40. The quantitative estimate of drug-likeness (QED) is 0.767. The van der Waals surface area contributed by atoms with Crippen LogP contribution in [0.3, 0.4) is 0 Å². The summed E-state index contributed by atoms with van der Waals surface area (Å²) in [6.07, 6.45) is -2.36. The topological polar surface area (TPSA) is 100 Å². The molecule has 0 fully saturated rings. The summed E-state index contributed by atoms with van der Waals surface area (Å²) in [6.45, 7) is 10.6. The van der Waals surface area contributed by atoms with Crippen molar-refractivity contribution >= 4 is 11.6 Å². The second kappa shape index (κ2) is 7.89. The number of pyridine rings is 2. The minimum atomic E-state index is -1.18. The molecule has 28 heavy (non-hydrogen) atoms. The van der Waals surface area contributed by atoms with E-state index in [1.807, 2.05) is 0 Å². The van der Waals surface area contributed by atoms with Gasteiger partial charge in [0.1, 0.15) is 23.6 Å². The van der Waals surface area contributed by atoms with Crippen molar-refractivity contribution in [2.45, 2.75) is 53.8 Å². The Balaban J connectivity index is 2.37. The van der Waals surface area contributed by atoms with E-state index in [-0.39, 0.29) is 11.4 Å². The van der Waals surface area contributed by atoms with Crippen molar-refractivity contribution in [1.29, 1.82) is 0 Å². The van der Waals surface area contributed by atoms with Crippen molar-refractivity contribution in [2.75, 3.05) is 0 Å². The van der Waals surface area contributed by atoms with Gasteiger partial charge in [-0.15, -0.1) is 0 Å². The summed E-state index contributed by atoms with van der Waals surface area (Å²) in [7, 11) is 0. The summed E-state index contributed by atoms with van der Waals surface area (Å²) in [5, 5.41) is 20.5. The van der Waals surface area contributed by atoms with Crippen molar-refractivity contribution in [3.8, 4) is 11.4 Å². The maximum Gasteiger partial charge on any atom is 0.210 e. The normalized spacial score (nSPS) is 14.4. The molecule has 2 aromatic rings. The van der Waals surface area contributed by atoms with Crippen LogP contribution in [0.25, 0.3) is 11.4 Å². The predicted octanol–water partition coefficient (Wildman–Crippen LogP) is 3.32. The van der Waals surface area contributed by atoms with Crippen LogP contribution in [0, 0.1) is 10.8 Å². The fraction of sp³-hybridized carbons (Fsp3) is 0.455. The van der Waals surface area contributed by atoms with E-state index in [1.165, 1.54) is 0 Å². The van der Waals surface area contributed by atoms with Gasteiger partial charge < -0.3 is 10.2 Å². The maximum atomic E-state index is 12.5. The molecule has 6 nitrogen and oxygen atoms in total. The summed E-state index contributed by atoms with van der Waals surface area (Å²) in [5.74, 6) is -0.936. The Morgan fingerprint density at radius 2 is 1.04 bits per heavy atom. The number of hydrogen-bond acceptors (Lipinski definition) is 6. The van der Waals surface area contributed by atoms with E-state index in [0.29, 0.717) is 11.4 Å². The van der Waals surface area contributed by atoms with Crippen molar-refractivity contribution in [1.82, 2.24) is 9.97 Å². The van der Waals surface area contributed by atoms with Gasteiger partial charge in [-0.25, -0.2) is 9.97 Å². The smallest absolute Gasteiger partial charge is 0.210 e. The van der Waals surface area contributed by atoms with Crippen LogP contribution in [0.2, 0.25) is 0 Å². The van der Waals surface area contributed by atoms with Crippen LogP contribution in [-0.4, -0.2) is 44.0 Å². The number of aliphatic hydroxyl groups is 2. The van der Waals surface area contributed by atoms with Crippen LogP contribution in [0.5, 0.6) is 0 Å². The van der Waals surface area contributed by atoms with Crippen LogP contribution in [-0.2, 0) is 0 Å². The van der Waals surface area contributed by atoms with E-state index in [0.717, 1.165) is 0 Å². The molecule has 0 unspecified atom stereocenters. The molecule has 0 amide bonds. The zero-order valence-electron chi connectivity index (χ0n) is 17.2. The Morgan fingerprint density at radius 3 is 1.32 bits per heavy atom. The highest BCUT2D eigenvalue weighted by molar-refractivity contribution is 5.99. The summed E-state index contributed by atoms with van der Waals surface area (Å²) in [5.41, 5.74) is -0.134. The highest BCUT2D eigenvalue weighted by atomic mass is 16.3. The van der Waals surface area contributed by atoms with Crippen LogP contribution >= 0.6 is 0 Å². The fourth-order valence-electron chi connectivity index (χ4n) is 2.50. The number of aliphatic hydroxyl groups excluding tert-OH is 2. The molecule has 0 spiro atoms. The van der Waals surface area contributed by atoms with Gasteiger partial charge in [0.05, 0.1) is 11.4 Å². The van der Waals surface area contributed by atoms with Gasteiger partial charge in [0.15, 0.2) is 0 Å². The molecular formula is C22H28N2O4. The molecule has 2 aromatic heterocycles. The summed E-state index contributed by atoms with van der Waals surface area (Å²) >= 11 is 0. The molecule has 2 atom stereocenters. The first-order valence-corrected chi connectivity index (χ1v) is 9.21. The third-order valence-corrected chi connectivity index (χ3v) is 4.40. The second-order valence-corrected chi connectivity index (χ2v) is 9.08. The Hall–Kier alpha value is -2.44. The van der Waals surface area contributed by atoms with Gasteiger partial charge in [0, 0.05) is 0 Å². The molecule has 150 valence electrons. The molecule has 0 aliphatic rings. The monoisotopic (exact) mass is 384 g/mol. The van der Waals surface area contributed by atoms with Gasteiger partial charge >= 0.3 is 0 Å². The third kappa shape index (κ3) is 4.88. The van der Waals surface area contributed by atoms with Crippen LogP contribution in [0.1, 0.15) is 62.5 Å². The SMILES string of the molecule is CC(C)(C)[C@@H](O)C(=O)c1cccc(-c2cccc(C(=O)[C@H](O)C(C)(C)C)n2)n1. The first-order valence-electron chi connectivity index (χ1n) is 9.21. The molecule has 0 saturated heterocycles. The second-order valence-electron chi connectivity index (χ2n) is 9.08. The molecule has 6 heteroatoms. The van der Waals surface area contributed by atoms with Gasteiger partial charge in [0.2, 0.25) is 11.6 Å². The Morgan fingerprint density at radius 1 is 0.714 bits per heavy atom. The fourth-order valence-corrected chi connectivity index (χ4v) is 2.50. The number of carbonyl (C=O) groups is 2. The molecule has 0 aromatic carbocycles. The average Bonchev–Trinajstić information content (AvgIpc) is 2.64. The van der Waals surface area contributed by atoms with Gasteiger partial charge in [0.25, 0.3) is 0 Å². The summed E-state index contributed by atoms with van der Waals surface area (Å²) < 4.78 is 0. The van der Waals surface area contributed by atoms with Gasteiger partial charge in [-0.2, -0.15) is 0 Å². The first kappa shape index (κ1) is 21.9. The van der Waals surface area contributed by atoms with E-state index in [4.69, 9.17) is 0 Å². The lowest BCUT2D eigenvalue weighted by atomic mass is 9.85. The zero-order chi connectivity index (χ0) is 21.3. The van der Waals surface area contributed by atoms with Crippen LogP contribution in [0.4, 0.5) is 0 Å². The minimum Gasteiger partial charge on any atom is -0.384 e. The molecule has 2 heterocycles. The standard InChI is InChI=1S/C22H28N2O4/c1-21(2,3)19(27)17(25)15-11-7-9-13(23-15)14-10-8-12-16(24-14)18(26)20(28)22(4,5)6/h7-12,19-20,27-28H,1-6H3/t19-,20-/m0/s1. The summed E-state index contributed by atoms with van der Waals surface area (Å²) in [6, 6.07) is 9.75. The van der Waals surface area contributed by atoms with Crippen LogP contribution < -0.4 is 0 Å². The largest absolute Gasteiger partial charge is 0.384 e. The number of rotatable bonds is 5. The number of nitrogens with zero attached hydrogens (tertiary/aromatic N) is 2. The van der Waals surface area contributed by atoms with Crippen molar-refractivity contribution in [3.63, 3.8) is 0 Å². The van der Waals surface area contributed by atoms with E-state index in [1.54, 1.807) is 77.9 Å². The van der Waals surface area contributed by atoms with Crippen LogP contribution in [0.15, 0.2) is 36.4 Å². The lowest BCUT2D eigenvalue weighted by molar-refractivity contribution is 0.0434.